The number of anilines is 1. The highest BCUT2D eigenvalue weighted by molar-refractivity contribution is 5.95. The molecule has 1 aromatic rings. The number of hydrogen-bond acceptors (Lipinski definition) is 4. The number of carbonyl (C=O) groups is 1. The molecule has 26 heavy (non-hydrogen) atoms. The molecule has 0 spiro atoms. The largest absolute Gasteiger partial charge is 0.381 e. The van der Waals surface area contributed by atoms with Gasteiger partial charge in [-0.05, 0) is 62.8 Å². The van der Waals surface area contributed by atoms with E-state index in [0.717, 1.165) is 50.9 Å². The first-order chi connectivity index (χ1) is 12.7. The van der Waals surface area contributed by atoms with E-state index in [1.54, 1.807) is 14.2 Å². The van der Waals surface area contributed by atoms with Gasteiger partial charge < -0.3 is 19.3 Å². The number of likely N-dealkylation sites (tertiary alicyclic amines) is 1. The SMILES string of the molecule is CO[C@H]1CC[C@]2(OC)CCN(C(=O)c3ccc(N4CCCC4)cc3)[C@@H]2C1. The quantitative estimate of drug-likeness (QED) is 0.829. The molecule has 2 aliphatic heterocycles. The number of nitrogens with zero attached hydrogens (tertiary/aromatic N) is 2. The van der Waals surface area contributed by atoms with Crippen molar-refractivity contribution in [3.8, 4) is 0 Å². The van der Waals surface area contributed by atoms with Crippen LogP contribution in [0.1, 0.15) is 48.9 Å². The van der Waals surface area contributed by atoms with E-state index in [1.807, 2.05) is 17.0 Å². The highest BCUT2D eigenvalue weighted by Gasteiger charge is 2.52. The second-order valence-corrected chi connectivity index (χ2v) is 7.91. The minimum Gasteiger partial charge on any atom is -0.381 e. The Morgan fingerprint density at radius 2 is 1.81 bits per heavy atom. The Hall–Kier alpha value is -1.59. The van der Waals surface area contributed by atoms with Gasteiger partial charge in [0.25, 0.3) is 5.91 Å². The van der Waals surface area contributed by atoms with E-state index in [9.17, 15) is 4.79 Å². The van der Waals surface area contributed by atoms with Crippen molar-refractivity contribution in [2.24, 2.45) is 0 Å². The normalized spacial score (nSPS) is 31.3. The van der Waals surface area contributed by atoms with Crippen molar-refractivity contribution in [3.05, 3.63) is 29.8 Å². The minimum absolute atomic E-state index is 0.108. The average molecular weight is 358 g/mol. The van der Waals surface area contributed by atoms with Crippen LogP contribution in [0.4, 0.5) is 5.69 Å². The molecular weight excluding hydrogens is 328 g/mol. The van der Waals surface area contributed by atoms with Crippen molar-refractivity contribution in [2.75, 3.05) is 38.8 Å². The van der Waals surface area contributed by atoms with Crippen molar-refractivity contribution in [1.82, 2.24) is 4.90 Å². The summed E-state index contributed by atoms with van der Waals surface area (Å²) in [6, 6.07) is 8.27. The maximum Gasteiger partial charge on any atom is 0.254 e. The Morgan fingerprint density at radius 3 is 2.46 bits per heavy atom. The van der Waals surface area contributed by atoms with Gasteiger partial charge in [0.1, 0.15) is 0 Å². The van der Waals surface area contributed by atoms with E-state index in [-0.39, 0.29) is 23.7 Å². The van der Waals surface area contributed by atoms with Gasteiger partial charge in [0, 0.05) is 45.1 Å². The summed E-state index contributed by atoms with van der Waals surface area (Å²) < 4.78 is 11.5. The summed E-state index contributed by atoms with van der Waals surface area (Å²) in [4.78, 5) is 17.6. The van der Waals surface area contributed by atoms with Crippen LogP contribution in [0, 0.1) is 0 Å². The van der Waals surface area contributed by atoms with Crippen LogP contribution < -0.4 is 4.90 Å². The van der Waals surface area contributed by atoms with Crippen LogP contribution in [-0.4, -0.2) is 62.4 Å². The molecule has 3 atom stereocenters. The third kappa shape index (κ3) is 3.01. The Balaban J connectivity index is 1.52. The molecule has 1 aliphatic carbocycles. The molecule has 0 bridgehead atoms. The summed E-state index contributed by atoms with van der Waals surface area (Å²) >= 11 is 0. The Bertz CT molecular complexity index is 641. The predicted octanol–water partition coefficient (Wildman–Crippen LogP) is 3.09. The molecule has 2 heterocycles. The molecule has 1 saturated carbocycles. The van der Waals surface area contributed by atoms with E-state index < -0.39 is 0 Å². The van der Waals surface area contributed by atoms with Gasteiger partial charge in [-0.2, -0.15) is 0 Å². The molecule has 1 aromatic carbocycles. The van der Waals surface area contributed by atoms with Crippen LogP contribution in [0.15, 0.2) is 24.3 Å². The fourth-order valence-corrected chi connectivity index (χ4v) is 5.08. The molecule has 5 heteroatoms. The third-order valence-electron chi connectivity index (χ3n) is 6.72. The van der Waals surface area contributed by atoms with Crippen molar-refractivity contribution in [1.29, 1.82) is 0 Å². The summed E-state index contributed by atoms with van der Waals surface area (Å²) in [5.74, 6) is 0.124. The summed E-state index contributed by atoms with van der Waals surface area (Å²) in [5, 5.41) is 0. The molecule has 0 aromatic heterocycles. The molecule has 2 saturated heterocycles. The Labute approximate surface area is 156 Å². The molecule has 5 nitrogen and oxygen atoms in total. The molecular formula is C21H30N2O3. The van der Waals surface area contributed by atoms with Crippen LogP contribution >= 0.6 is 0 Å². The van der Waals surface area contributed by atoms with Crippen molar-refractivity contribution >= 4 is 11.6 Å². The van der Waals surface area contributed by atoms with Crippen molar-refractivity contribution in [3.63, 3.8) is 0 Å². The second-order valence-electron chi connectivity index (χ2n) is 7.91. The second kappa shape index (κ2) is 7.20. The Morgan fingerprint density at radius 1 is 1.08 bits per heavy atom. The molecule has 3 fully saturated rings. The lowest BCUT2D eigenvalue weighted by Crippen LogP contribution is -2.53. The number of amides is 1. The zero-order valence-electron chi connectivity index (χ0n) is 15.9. The van der Waals surface area contributed by atoms with Gasteiger partial charge in [-0.25, -0.2) is 0 Å². The highest BCUT2D eigenvalue weighted by Crippen LogP contribution is 2.43. The number of hydrogen-bond donors (Lipinski definition) is 0. The van der Waals surface area contributed by atoms with Gasteiger partial charge in [0.2, 0.25) is 0 Å². The monoisotopic (exact) mass is 358 g/mol. The average Bonchev–Trinajstić information content (AvgIpc) is 3.35. The maximum atomic E-state index is 13.2. The lowest BCUT2D eigenvalue weighted by Gasteiger charge is -2.43. The molecule has 0 N–H and O–H groups in total. The number of carbonyl (C=O) groups excluding carboxylic acids is 1. The summed E-state index contributed by atoms with van der Waals surface area (Å²) in [6.45, 7) is 3.01. The number of methoxy groups -OCH3 is 2. The number of benzene rings is 1. The minimum atomic E-state index is -0.194. The van der Waals surface area contributed by atoms with Crippen LogP contribution in [-0.2, 0) is 9.47 Å². The Kier molecular flexibility index (Phi) is 4.93. The van der Waals surface area contributed by atoms with Gasteiger partial charge in [0.05, 0.1) is 17.7 Å². The summed E-state index contributed by atoms with van der Waals surface area (Å²) in [6.07, 6.45) is 6.49. The highest BCUT2D eigenvalue weighted by atomic mass is 16.5. The van der Waals surface area contributed by atoms with Gasteiger partial charge in [0.15, 0.2) is 0 Å². The molecule has 1 amide bonds. The van der Waals surface area contributed by atoms with Gasteiger partial charge in [-0.1, -0.05) is 0 Å². The van der Waals surface area contributed by atoms with Gasteiger partial charge >= 0.3 is 0 Å². The molecule has 3 aliphatic rings. The molecule has 4 rings (SSSR count). The van der Waals surface area contributed by atoms with E-state index in [2.05, 4.69) is 17.0 Å². The van der Waals surface area contributed by atoms with E-state index in [4.69, 9.17) is 9.47 Å². The van der Waals surface area contributed by atoms with E-state index in [1.165, 1.54) is 18.5 Å². The van der Waals surface area contributed by atoms with Crippen molar-refractivity contribution in [2.45, 2.75) is 56.3 Å². The van der Waals surface area contributed by atoms with Gasteiger partial charge in [-0.3, -0.25) is 4.79 Å². The van der Waals surface area contributed by atoms with Crippen LogP contribution in [0.2, 0.25) is 0 Å². The molecule has 0 unspecified atom stereocenters. The zero-order chi connectivity index (χ0) is 18.1. The zero-order valence-corrected chi connectivity index (χ0v) is 15.9. The maximum absolute atomic E-state index is 13.2. The number of ether oxygens (including phenoxy) is 2. The smallest absolute Gasteiger partial charge is 0.254 e. The fraction of sp³-hybridized carbons (Fsp3) is 0.667. The van der Waals surface area contributed by atoms with Crippen LogP contribution in [0.3, 0.4) is 0 Å². The fourth-order valence-electron chi connectivity index (χ4n) is 5.08. The molecule has 142 valence electrons. The van der Waals surface area contributed by atoms with E-state index >= 15 is 0 Å². The predicted molar refractivity (Wildman–Crippen MR) is 102 cm³/mol. The summed E-state index contributed by atoms with van der Waals surface area (Å²) in [5.41, 5.74) is 1.81. The third-order valence-corrected chi connectivity index (χ3v) is 6.72. The lowest BCUT2D eigenvalue weighted by molar-refractivity contribution is -0.0893. The number of fused-ring (bicyclic) bond motifs is 1. The topological polar surface area (TPSA) is 42.0 Å². The van der Waals surface area contributed by atoms with Crippen molar-refractivity contribution < 1.29 is 14.3 Å². The van der Waals surface area contributed by atoms with Gasteiger partial charge in [-0.15, -0.1) is 0 Å². The van der Waals surface area contributed by atoms with Crippen LogP contribution in [0.5, 0.6) is 0 Å². The lowest BCUT2D eigenvalue weighted by atomic mass is 9.79. The van der Waals surface area contributed by atoms with Crippen LogP contribution in [0.25, 0.3) is 0 Å². The first kappa shape index (κ1) is 17.8. The first-order valence-electron chi connectivity index (χ1n) is 9.91. The molecule has 0 radical (unpaired) electrons. The summed E-state index contributed by atoms with van der Waals surface area (Å²) in [7, 11) is 3.56. The standard InChI is InChI=1S/C21H30N2O3/c1-25-18-9-10-21(26-2)11-14-23(19(21)15-18)20(24)16-5-7-17(8-6-16)22-12-3-4-13-22/h5-8,18-19H,3-4,9-15H2,1-2H3/t18-,19+,21-/m0/s1. The number of rotatable bonds is 4. The van der Waals surface area contributed by atoms with E-state index in [0.29, 0.717) is 0 Å². The first-order valence-corrected chi connectivity index (χ1v) is 9.91.